The van der Waals surface area contributed by atoms with Gasteiger partial charge in [0.05, 0.1) is 12.6 Å². The fraction of sp³-hybridized carbons (Fsp3) is 0.520. The number of nitrogens with zero attached hydrogens (tertiary/aromatic N) is 2. The second-order valence-electron chi connectivity index (χ2n) is 8.86. The molecule has 0 aliphatic carbocycles. The number of hydrogen-bond donors (Lipinski definition) is 1. The molecule has 0 spiro atoms. The van der Waals surface area contributed by atoms with Crippen LogP contribution in [0.25, 0.3) is 0 Å². The highest BCUT2D eigenvalue weighted by Gasteiger charge is 2.30. The summed E-state index contributed by atoms with van der Waals surface area (Å²) in [5.41, 5.74) is 0.865. The molecule has 1 aromatic heterocycles. The van der Waals surface area contributed by atoms with Crippen LogP contribution in [0, 0.1) is 11.7 Å². The Bertz CT molecular complexity index is 871. The zero-order valence-corrected chi connectivity index (χ0v) is 19.3. The lowest BCUT2D eigenvalue weighted by atomic mass is 9.95. The standard InChI is InChI=1S/C25H32FN3O2S/c26-21-9-7-19(8-10-21)24(22-6-5-17-32-22)27-23(30)18-28-15-11-20(12-16-28)25(31)29-13-3-1-2-4-14-29/h5-10,17,20,24H,1-4,11-16,18H2,(H,27,30)/t24-/m0/s1. The molecule has 7 heteroatoms. The van der Waals surface area contributed by atoms with E-state index in [0.717, 1.165) is 62.3 Å². The monoisotopic (exact) mass is 457 g/mol. The number of rotatable bonds is 6. The van der Waals surface area contributed by atoms with Crippen molar-refractivity contribution in [1.29, 1.82) is 0 Å². The van der Waals surface area contributed by atoms with Crippen molar-refractivity contribution in [2.24, 2.45) is 5.92 Å². The Morgan fingerprint density at radius 2 is 1.69 bits per heavy atom. The van der Waals surface area contributed by atoms with Crippen molar-refractivity contribution in [1.82, 2.24) is 15.1 Å². The lowest BCUT2D eigenvalue weighted by molar-refractivity contribution is -0.137. The van der Waals surface area contributed by atoms with Gasteiger partial charge < -0.3 is 10.2 Å². The third-order valence-corrected chi connectivity index (χ3v) is 7.50. The van der Waals surface area contributed by atoms with E-state index >= 15 is 0 Å². The fourth-order valence-electron chi connectivity index (χ4n) is 4.73. The summed E-state index contributed by atoms with van der Waals surface area (Å²) in [6, 6.07) is 9.95. The summed E-state index contributed by atoms with van der Waals surface area (Å²) in [6.07, 6.45) is 6.31. The van der Waals surface area contributed by atoms with Crippen molar-refractivity contribution < 1.29 is 14.0 Å². The number of piperidine rings is 1. The number of thiophene rings is 1. The maximum atomic E-state index is 13.4. The zero-order valence-electron chi connectivity index (χ0n) is 18.5. The first kappa shape index (κ1) is 22.9. The van der Waals surface area contributed by atoms with Crippen molar-refractivity contribution >= 4 is 23.2 Å². The zero-order chi connectivity index (χ0) is 22.3. The number of hydrogen-bond acceptors (Lipinski definition) is 4. The lowest BCUT2D eigenvalue weighted by Crippen LogP contribution is -2.46. The van der Waals surface area contributed by atoms with Gasteiger partial charge in [0.1, 0.15) is 5.82 Å². The quantitative estimate of drug-likeness (QED) is 0.707. The molecule has 1 N–H and O–H groups in total. The van der Waals surface area contributed by atoms with Gasteiger partial charge in [-0.3, -0.25) is 14.5 Å². The van der Waals surface area contributed by atoms with E-state index < -0.39 is 0 Å². The van der Waals surface area contributed by atoms with E-state index in [0.29, 0.717) is 12.5 Å². The predicted molar refractivity (Wildman–Crippen MR) is 125 cm³/mol. The van der Waals surface area contributed by atoms with E-state index in [2.05, 4.69) is 15.1 Å². The number of amides is 2. The molecule has 2 amide bonds. The largest absolute Gasteiger partial charge is 0.343 e. The molecule has 4 rings (SSSR count). The van der Waals surface area contributed by atoms with Crippen LogP contribution in [0.15, 0.2) is 41.8 Å². The SMILES string of the molecule is O=C(CN1CCC(C(=O)N2CCCCCC2)CC1)N[C@@H](c1ccc(F)cc1)c1cccs1. The minimum Gasteiger partial charge on any atom is -0.343 e. The van der Waals surface area contributed by atoms with Gasteiger partial charge in [-0.2, -0.15) is 0 Å². The number of nitrogens with one attached hydrogen (secondary N) is 1. The van der Waals surface area contributed by atoms with Crippen LogP contribution in [0.2, 0.25) is 0 Å². The van der Waals surface area contributed by atoms with Gasteiger partial charge in [0.25, 0.3) is 0 Å². The first-order valence-corrected chi connectivity index (χ1v) is 12.6. The Labute approximate surface area is 193 Å². The van der Waals surface area contributed by atoms with Crippen LogP contribution >= 0.6 is 11.3 Å². The van der Waals surface area contributed by atoms with Crippen LogP contribution in [0.3, 0.4) is 0 Å². The first-order valence-electron chi connectivity index (χ1n) is 11.7. The number of carbonyl (C=O) groups is 2. The van der Waals surface area contributed by atoms with Gasteiger partial charge in [-0.05, 0) is 67.9 Å². The molecule has 2 saturated heterocycles. The van der Waals surface area contributed by atoms with Gasteiger partial charge in [-0.25, -0.2) is 4.39 Å². The Morgan fingerprint density at radius 1 is 1.00 bits per heavy atom. The van der Waals surface area contributed by atoms with Crippen molar-refractivity contribution in [2.45, 2.75) is 44.6 Å². The second kappa shape index (κ2) is 11.1. The predicted octanol–water partition coefficient (Wildman–Crippen LogP) is 4.21. The lowest BCUT2D eigenvalue weighted by Gasteiger charge is -2.34. The van der Waals surface area contributed by atoms with Gasteiger partial charge >= 0.3 is 0 Å². The van der Waals surface area contributed by atoms with E-state index in [4.69, 9.17) is 0 Å². The van der Waals surface area contributed by atoms with Crippen LogP contribution < -0.4 is 5.32 Å². The number of halogens is 1. The average molecular weight is 458 g/mol. The summed E-state index contributed by atoms with van der Waals surface area (Å²) < 4.78 is 13.4. The molecule has 2 fully saturated rings. The summed E-state index contributed by atoms with van der Waals surface area (Å²) >= 11 is 1.57. The minimum absolute atomic E-state index is 0.0509. The highest BCUT2D eigenvalue weighted by atomic mass is 32.1. The van der Waals surface area contributed by atoms with Crippen LogP contribution in [-0.2, 0) is 9.59 Å². The molecule has 1 atom stereocenters. The molecular weight excluding hydrogens is 425 g/mol. The topological polar surface area (TPSA) is 52.7 Å². The van der Waals surface area contributed by atoms with Crippen LogP contribution in [0.4, 0.5) is 4.39 Å². The van der Waals surface area contributed by atoms with Gasteiger partial charge in [-0.1, -0.05) is 31.0 Å². The van der Waals surface area contributed by atoms with E-state index in [1.807, 2.05) is 17.5 Å². The van der Waals surface area contributed by atoms with E-state index in [9.17, 15) is 14.0 Å². The van der Waals surface area contributed by atoms with Gasteiger partial charge in [0.2, 0.25) is 11.8 Å². The highest BCUT2D eigenvalue weighted by Crippen LogP contribution is 2.27. The number of carbonyl (C=O) groups excluding carboxylic acids is 2. The molecule has 0 radical (unpaired) electrons. The van der Waals surface area contributed by atoms with Crippen LogP contribution in [0.5, 0.6) is 0 Å². The first-order chi connectivity index (χ1) is 15.6. The highest BCUT2D eigenvalue weighted by molar-refractivity contribution is 7.10. The maximum absolute atomic E-state index is 13.4. The summed E-state index contributed by atoms with van der Waals surface area (Å²) in [4.78, 5) is 31.0. The third-order valence-electron chi connectivity index (χ3n) is 6.56. The summed E-state index contributed by atoms with van der Waals surface area (Å²) in [5.74, 6) is 0.0585. The molecule has 2 aromatic rings. The average Bonchev–Trinajstić information content (AvgIpc) is 3.20. The summed E-state index contributed by atoms with van der Waals surface area (Å²) in [7, 11) is 0. The van der Waals surface area contributed by atoms with Gasteiger partial charge in [0.15, 0.2) is 0 Å². The van der Waals surface area contributed by atoms with E-state index in [1.54, 1.807) is 23.5 Å². The molecule has 32 heavy (non-hydrogen) atoms. The molecule has 0 bridgehead atoms. The second-order valence-corrected chi connectivity index (χ2v) is 9.84. The molecule has 172 valence electrons. The van der Waals surface area contributed by atoms with Gasteiger partial charge in [-0.15, -0.1) is 11.3 Å². The van der Waals surface area contributed by atoms with Gasteiger partial charge in [0, 0.05) is 23.9 Å². The molecule has 0 saturated carbocycles. The Morgan fingerprint density at radius 3 is 2.31 bits per heavy atom. The fourth-order valence-corrected chi connectivity index (χ4v) is 5.53. The third kappa shape index (κ3) is 5.95. The molecule has 2 aliphatic heterocycles. The van der Waals surface area contributed by atoms with E-state index in [-0.39, 0.29) is 23.7 Å². The Hall–Kier alpha value is -2.25. The summed E-state index contributed by atoms with van der Waals surface area (Å²) in [6.45, 7) is 3.63. The molecular formula is C25H32FN3O2S. The Balaban J connectivity index is 1.30. The van der Waals surface area contributed by atoms with Crippen molar-refractivity contribution in [2.75, 3.05) is 32.7 Å². The maximum Gasteiger partial charge on any atom is 0.234 e. The molecule has 5 nitrogen and oxygen atoms in total. The Kier molecular flexibility index (Phi) is 7.92. The normalized spacial score (nSPS) is 19.3. The van der Waals surface area contributed by atoms with Crippen molar-refractivity contribution in [3.63, 3.8) is 0 Å². The van der Waals surface area contributed by atoms with Crippen LogP contribution in [0.1, 0.15) is 55.0 Å². The molecule has 3 heterocycles. The minimum atomic E-state index is -0.289. The summed E-state index contributed by atoms with van der Waals surface area (Å²) in [5, 5.41) is 5.10. The molecule has 2 aliphatic rings. The molecule has 0 unspecified atom stereocenters. The van der Waals surface area contributed by atoms with E-state index in [1.165, 1.54) is 25.0 Å². The number of likely N-dealkylation sites (tertiary alicyclic amines) is 2. The van der Waals surface area contributed by atoms with Crippen molar-refractivity contribution in [3.05, 3.63) is 58.0 Å². The number of benzene rings is 1. The van der Waals surface area contributed by atoms with Crippen molar-refractivity contribution in [3.8, 4) is 0 Å². The molecule has 1 aromatic carbocycles. The smallest absolute Gasteiger partial charge is 0.234 e. The van der Waals surface area contributed by atoms with Crippen LogP contribution in [-0.4, -0.2) is 54.3 Å².